The van der Waals surface area contributed by atoms with E-state index >= 15 is 0 Å². The van der Waals surface area contributed by atoms with E-state index in [1.807, 2.05) is 0 Å². The zero-order valence-corrected chi connectivity index (χ0v) is 24.4. The number of nitrogens with zero attached hydrogens (tertiary/aromatic N) is 2. The van der Waals surface area contributed by atoms with Crippen LogP contribution in [-0.4, -0.2) is 62.7 Å². The number of anilines is 3. The van der Waals surface area contributed by atoms with E-state index < -0.39 is 63.7 Å². The van der Waals surface area contributed by atoms with Crippen molar-refractivity contribution in [3.05, 3.63) is 75.9 Å². The second kappa shape index (κ2) is 10.9. The molecule has 2 aromatic carbocycles. The molecule has 0 bridgehead atoms. The van der Waals surface area contributed by atoms with E-state index in [2.05, 4.69) is 22.4 Å². The zero-order valence-electron chi connectivity index (χ0n) is 23.6. The van der Waals surface area contributed by atoms with Gasteiger partial charge in [0.05, 0.1) is 11.3 Å². The predicted octanol–water partition coefficient (Wildman–Crippen LogP) is 3.11. The maximum Gasteiger partial charge on any atom is 0.255 e. The number of thiocarbonyl (C=S) groups is 1. The highest BCUT2D eigenvalue weighted by Crippen LogP contribution is 2.55. The van der Waals surface area contributed by atoms with E-state index in [-0.39, 0.29) is 40.5 Å². The van der Waals surface area contributed by atoms with Gasteiger partial charge in [-0.25, -0.2) is 0 Å². The molecule has 14 heteroatoms. The molecular weight excluding hydrogens is 590 g/mol. The van der Waals surface area contributed by atoms with Gasteiger partial charge in [0.2, 0.25) is 5.78 Å². The summed E-state index contributed by atoms with van der Waals surface area (Å²) in [6.45, 7) is 3.63. The van der Waals surface area contributed by atoms with Gasteiger partial charge in [-0.15, -0.1) is 11.5 Å². The third-order valence-electron chi connectivity index (χ3n) is 8.44. The number of rotatable bonds is 6. The number of allylic oxidation sites excluding steroid dienone is 1. The first-order chi connectivity index (χ1) is 20.8. The van der Waals surface area contributed by atoms with E-state index in [1.165, 1.54) is 18.2 Å². The topological polar surface area (TPSA) is 215 Å². The van der Waals surface area contributed by atoms with Crippen molar-refractivity contribution < 1.29 is 34.8 Å². The Kier molecular flexibility index (Phi) is 7.51. The second-order valence-electron chi connectivity index (χ2n) is 11.1. The average Bonchev–Trinajstić information content (AvgIpc) is 2.96. The fraction of sp³-hybridized carbons (Fsp3) is 0.267. The average molecular weight is 620 g/mol. The molecule has 228 valence electrons. The third kappa shape index (κ3) is 4.50. The molecule has 0 spiro atoms. The first kappa shape index (κ1) is 30.4. The van der Waals surface area contributed by atoms with E-state index in [0.29, 0.717) is 16.9 Å². The molecule has 1 fully saturated rings. The van der Waals surface area contributed by atoms with Crippen molar-refractivity contribution in [1.82, 2.24) is 0 Å². The molecule has 0 aromatic heterocycles. The molecule has 0 aliphatic heterocycles. The van der Waals surface area contributed by atoms with Crippen LogP contribution in [0.15, 0.2) is 65.1 Å². The zero-order chi connectivity index (χ0) is 32.2. The summed E-state index contributed by atoms with van der Waals surface area (Å²) in [5, 5.41) is 54.3. The molecule has 8 N–H and O–H groups in total. The SMILES string of the molecule is C=C[C@@H]1C(=O)C(C(N)=O)=C(O)[C@@]2(O)C(=O)C3=C(O)c4c(O)c(NC(=S)Nc5ccc(N=O)cc5)cc(N(C)C)c4C[C@H]3C[C@@H]12. The number of ketones is 2. The number of Topliss-reactive ketones (excluding diaryl/α,β-unsaturated/α-hetero) is 2. The van der Waals surface area contributed by atoms with Crippen LogP contribution in [0.25, 0.3) is 5.76 Å². The van der Waals surface area contributed by atoms with E-state index in [0.717, 1.165) is 0 Å². The maximum absolute atomic E-state index is 14.0. The van der Waals surface area contributed by atoms with Crippen molar-refractivity contribution in [1.29, 1.82) is 0 Å². The van der Waals surface area contributed by atoms with Crippen LogP contribution in [-0.2, 0) is 20.8 Å². The molecule has 13 nitrogen and oxygen atoms in total. The molecule has 0 unspecified atom stereocenters. The van der Waals surface area contributed by atoms with Crippen molar-refractivity contribution in [3.63, 3.8) is 0 Å². The molecule has 2 aromatic rings. The normalized spacial score (nSPS) is 24.1. The summed E-state index contributed by atoms with van der Waals surface area (Å²) in [6, 6.07) is 7.74. The van der Waals surface area contributed by atoms with Gasteiger partial charge in [-0.3, -0.25) is 14.4 Å². The van der Waals surface area contributed by atoms with Gasteiger partial charge in [0.1, 0.15) is 28.5 Å². The van der Waals surface area contributed by atoms with Crippen molar-refractivity contribution in [2.75, 3.05) is 29.6 Å². The number of nitrogens with one attached hydrogen (secondary N) is 2. The molecular formula is C30H29N5O8S. The highest BCUT2D eigenvalue weighted by Gasteiger charge is 2.63. The van der Waals surface area contributed by atoms with Crippen molar-refractivity contribution in [3.8, 4) is 5.75 Å². The maximum atomic E-state index is 14.0. The summed E-state index contributed by atoms with van der Waals surface area (Å²) in [5.74, 6) is -8.66. The van der Waals surface area contributed by atoms with Crippen molar-refractivity contribution >= 4 is 63.3 Å². The number of hydrogen-bond acceptors (Lipinski definition) is 11. The summed E-state index contributed by atoms with van der Waals surface area (Å²) < 4.78 is 0. The first-order valence-corrected chi connectivity index (χ1v) is 13.9. The van der Waals surface area contributed by atoms with Crippen LogP contribution in [0.3, 0.4) is 0 Å². The van der Waals surface area contributed by atoms with Crippen LogP contribution in [0, 0.1) is 22.7 Å². The lowest BCUT2D eigenvalue weighted by molar-refractivity contribution is -0.151. The lowest BCUT2D eigenvalue weighted by Crippen LogP contribution is -2.61. The molecule has 0 radical (unpaired) electrons. The van der Waals surface area contributed by atoms with Gasteiger partial charge in [-0.05, 0) is 72.0 Å². The Balaban J connectivity index is 1.61. The summed E-state index contributed by atoms with van der Waals surface area (Å²) in [6.07, 6.45) is 1.28. The number of carbonyl (C=O) groups excluding carboxylic acids is 3. The number of amides is 1. The Morgan fingerprint density at radius 3 is 2.41 bits per heavy atom. The summed E-state index contributed by atoms with van der Waals surface area (Å²) >= 11 is 5.40. The van der Waals surface area contributed by atoms with Crippen LogP contribution < -0.4 is 21.3 Å². The molecule has 5 rings (SSSR count). The predicted molar refractivity (Wildman–Crippen MR) is 167 cm³/mol. The van der Waals surface area contributed by atoms with Crippen molar-refractivity contribution in [2.24, 2.45) is 28.7 Å². The van der Waals surface area contributed by atoms with E-state index in [1.54, 1.807) is 37.2 Å². The van der Waals surface area contributed by atoms with Gasteiger partial charge in [-0.1, -0.05) is 6.08 Å². The first-order valence-electron chi connectivity index (χ1n) is 13.4. The molecule has 1 amide bonds. The largest absolute Gasteiger partial charge is 0.508 e. The number of phenolic OH excluding ortho intramolecular Hbond substituents is 1. The highest BCUT2D eigenvalue weighted by atomic mass is 32.1. The molecule has 4 atom stereocenters. The minimum atomic E-state index is -2.75. The highest BCUT2D eigenvalue weighted by molar-refractivity contribution is 7.80. The lowest BCUT2D eigenvalue weighted by atomic mass is 9.56. The molecule has 44 heavy (non-hydrogen) atoms. The number of primary amides is 1. The Bertz CT molecular complexity index is 1730. The van der Waals surface area contributed by atoms with Gasteiger partial charge in [0.15, 0.2) is 16.5 Å². The Labute approximate surface area is 256 Å². The summed E-state index contributed by atoms with van der Waals surface area (Å²) in [4.78, 5) is 51.6. The second-order valence-corrected chi connectivity index (χ2v) is 11.5. The van der Waals surface area contributed by atoms with E-state index in [9.17, 15) is 39.7 Å². The third-order valence-corrected chi connectivity index (χ3v) is 8.65. The minimum Gasteiger partial charge on any atom is -0.508 e. The molecule has 1 saturated carbocycles. The number of fused-ring (bicyclic) bond motifs is 3. The fourth-order valence-electron chi connectivity index (χ4n) is 6.42. The Morgan fingerprint density at radius 1 is 1.18 bits per heavy atom. The summed E-state index contributed by atoms with van der Waals surface area (Å²) in [5.41, 5.74) is 3.21. The number of nitroso groups, excluding NO2 is 1. The van der Waals surface area contributed by atoms with E-state index in [4.69, 9.17) is 18.0 Å². The number of aliphatic hydroxyl groups is 3. The number of hydrogen-bond donors (Lipinski definition) is 7. The van der Waals surface area contributed by atoms with Gasteiger partial charge in [-0.2, -0.15) is 0 Å². The number of nitrogens with two attached hydrogens (primary N) is 1. The van der Waals surface area contributed by atoms with Crippen LogP contribution >= 0.6 is 12.2 Å². The standard InChI is InChI=1S/C30H29N5O8S/c1-4-15-17-10-12-9-16-19(35(2)3)11-18(33-29(44)32-13-5-7-14(34-43)8-6-13)24(37)21(16)25(38)20(12)26(39)30(17,42)27(40)22(23(15)36)28(31)41/h4-8,11-12,15,17,37-38,40,42H,1,9-10H2,2-3H3,(H2,31,41)(H2,32,33,44)/t12-,15-,17-,30-/m0/s1. The monoisotopic (exact) mass is 619 g/mol. The quantitative estimate of drug-likeness (QED) is 0.0816. The number of benzene rings is 2. The van der Waals surface area contributed by atoms with Crippen molar-refractivity contribution in [2.45, 2.75) is 18.4 Å². The summed E-state index contributed by atoms with van der Waals surface area (Å²) in [7, 11) is 3.50. The fourth-order valence-corrected chi connectivity index (χ4v) is 6.65. The number of phenols is 1. The molecule has 3 aliphatic rings. The van der Waals surface area contributed by atoms with Crippen LogP contribution in [0.1, 0.15) is 17.5 Å². The number of aliphatic hydroxyl groups excluding tert-OH is 2. The minimum absolute atomic E-state index is 0.0420. The molecule has 0 heterocycles. The van der Waals surface area contributed by atoms with Crippen LogP contribution in [0.4, 0.5) is 22.7 Å². The van der Waals surface area contributed by atoms with Crippen LogP contribution in [0.5, 0.6) is 5.75 Å². The number of aromatic hydroxyl groups is 1. The van der Waals surface area contributed by atoms with Gasteiger partial charge < -0.3 is 41.7 Å². The van der Waals surface area contributed by atoms with Gasteiger partial charge >= 0.3 is 0 Å². The molecule has 3 aliphatic carbocycles. The Hall–Kier alpha value is -5.08. The molecule has 0 saturated heterocycles. The Morgan fingerprint density at radius 2 is 1.84 bits per heavy atom. The lowest BCUT2D eigenvalue weighted by Gasteiger charge is -2.48. The van der Waals surface area contributed by atoms with Gasteiger partial charge in [0, 0.05) is 42.9 Å². The smallest absolute Gasteiger partial charge is 0.255 e. The number of carbonyl (C=O) groups is 3. The van der Waals surface area contributed by atoms with Gasteiger partial charge in [0.25, 0.3) is 5.91 Å². The van der Waals surface area contributed by atoms with Crippen LogP contribution in [0.2, 0.25) is 0 Å².